The Balaban J connectivity index is 2.01. The lowest BCUT2D eigenvalue weighted by Gasteiger charge is -2.08. The largest absolute Gasteiger partial charge is 0.437 e. The number of benzene rings is 1. The molecule has 0 amide bonds. The molecule has 0 saturated heterocycles. The molecule has 1 N–H and O–H groups in total. The molecule has 0 spiro atoms. The molecule has 0 aliphatic rings. The number of hydrogen-bond donors (Lipinski definition) is 1. The number of aliphatic hydroxyl groups excluding tert-OH is 1. The number of aliphatic hydroxyl groups is 1. The van der Waals surface area contributed by atoms with Crippen LogP contribution in [0.4, 0.5) is 0 Å². The van der Waals surface area contributed by atoms with Crippen LogP contribution in [-0.4, -0.2) is 15.1 Å². The number of pyridine rings is 2. The van der Waals surface area contributed by atoms with E-state index in [0.717, 1.165) is 10.9 Å². The highest BCUT2D eigenvalue weighted by molar-refractivity contribution is 6.31. The Bertz CT molecular complexity index is 756. The van der Waals surface area contributed by atoms with Gasteiger partial charge in [-0.15, -0.1) is 0 Å². The van der Waals surface area contributed by atoms with Crippen molar-refractivity contribution in [2.24, 2.45) is 0 Å². The third-order valence-corrected chi connectivity index (χ3v) is 3.23. The fraction of sp³-hybridized carbons (Fsp3) is 0.0667. The van der Waals surface area contributed by atoms with Gasteiger partial charge in [0.05, 0.1) is 11.6 Å². The number of rotatable bonds is 3. The lowest BCUT2D eigenvalue weighted by Crippen LogP contribution is -1.93. The molecule has 2 aromatic heterocycles. The SMILES string of the molecule is OCc1cc(Oc2cccc3cccnc23)ncc1Cl. The zero-order valence-corrected chi connectivity index (χ0v) is 11.2. The van der Waals surface area contributed by atoms with Gasteiger partial charge in [0.1, 0.15) is 5.52 Å². The Morgan fingerprint density at radius 2 is 2.00 bits per heavy atom. The summed E-state index contributed by atoms with van der Waals surface area (Å²) >= 11 is 5.90. The number of aromatic nitrogens is 2. The quantitative estimate of drug-likeness (QED) is 0.800. The normalized spacial score (nSPS) is 10.7. The molecule has 0 saturated carbocycles. The summed E-state index contributed by atoms with van der Waals surface area (Å²) in [4.78, 5) is 8.41. The van der Waals surface area contributed by atoms with Gasteiger partial charge in [-0.2, -0.15) is 0 Å². The Hall–Kier alpha value is -2.17. The van der Waals surface area contributed by atoms with Gasteiger partial charge in [0.2, 0.25) is 5.88 Å². The van der Waals surface area contributed by atoms with Crippen molar-refractivity contribution < 1.29 is 9.84 Å². The molecule has 3 aromatic rings. The van der Waals surface area contributed by atoms with Gasteiger partial charge in [0.25, 0.3) is 0 Å². The second kappa shape index (κ2) is 5.45. The highest BCUT2D eigenvalue weighted by atomic mass is 35.5. The van der Waals surface area contributed by atoms with Gasteiger partial charge in [-0.25, -0.2) is 4.98 Å². The van der Waals surface area contributed by atoms with E-state index >= 15 is 0 Å². The Kier molecular flexibility index (Phi) is 3.50. The maximum atomic E-state index is 9.20. The van der Waals surface area contributed by atoms with E-state index in [1.807, 2.05) is 30.3 Å². The van der Waals surface area contributed by atoms with Crippen molar-refractivity contribution in [3.63, 3.8) is 0 Å². The lowest BCUT2D eigenvalue weighted by atomic mass is 10.2. The van der Waals surface area contributed by atoms with Crippen LogP contribution in [0.15, 0.2) is 48.8 Å². The molecule has 0 atom stereocenters. The number of ether oxygens (including phenoxy) is 1. The van der Waals surface area contributed by atoms with Crippen molar-refractivity contribution in [2.45, 2.75) is 6.61 Å². The minimum atomic E-state index is -0.161. The summed E-state index contributed by atoms with van der Waals surface area (Å²) in [7, 11) is 0. The predicted molar refractivity (Wildman–Crippen MR) is 77.0 cm³/mol. The third kappa shape index (κ3) is 2.43. The van der Waals surface area contributed by atoms with Gasteiger partial charge >= 0.3 is 0 Å². The monoisotopic (exact) mass is 286 g/mol. The molecule has 20 heavy (non-hydrogen) atoms. The van der Waals surface area contributed by atoms with Crippen LogP contribution >= 0.6 is 11.6 Å². The second-order valence-electron chi connectivity index (χ2n) is 4.21. The minimum absolute atomic E-state index is 0.161. The van der Waals surface area contributed by atoms with Crippen molar-refractivity contribution in [2.75, 3.05) is 0 Å². The molecule has 3 rings (SSSR count). The molecule has 0 fully saturated rings. The summed E-state index contributed by atoms with van der Waals surface area (Å²) in [5.74, 6) is 0.985. The summed E-state index contributed by atoms with van der Waals surface area (Å²) in [6.45, 7) is -0.161. The van der Waals surface area contributed by atoms with E-state index in [9.17, 15) is 5.11 Å². The fourth-order valence-electron chi connectivity index (χ4n) is 1.91. The van der Waals surface area contributed by atoms with E-state index in [1.54, 1.807) is 12.3 Å². The van der Waals surface area contributed by atoms with Crippen molar-refractivity contribution in [1.82, 2.24) is 9.97 Å². The van der Waals surface area contributed by atoms with Crippen LogP contribution in [0.1, 0.15) is 5.56 Å². The smallest absolute Gasteiger partial charge is 0.219 e. The van der Waals surface area contributed by atoms with Crippen molar-refractivity contribution >= 4 is 22.5 Å². The number of nitrogens with zero attached hydrogens (tertiary/aromatic N) is 2. The van der Waals surface area contributed by atoms with E-state index < -0.39 is 0 Å². The molecular formula is C15H11ClN2O2. The average Bonchev–Trinajstić information content (AvgIpc) is 2.49. The topological polar surface area (TPSA) is 55.2 Å². The molecule has 0 aliphatic heterocycles. The van der Waals surface area contributed by atoms with Crippen LogP contribution in [0.2, 0.25) is 5.02 Å². The van der Waals surface area contributed by atoms with E-state index in [0.29, 0.717) is 22.2 Å². The van der Waals surface area contributed by atoms with Gasteiger partial charge < -0.3 is 9.84 Å². The molecule has 100 valence electrons. The molecule has 2 heterocycles. The second-order valence-corrected chi connectivity index (χ2v) is 4.61. The first-order valence-corrected chi connectivity index (χ1v) is 6.42. The molecule has 0 bridgehead atoms. The van der Waals surface area contributed by atoms with Gasteiger partial charge in [0.15, 0.2) is 5.75 Å². The Labute approximate surface area is 120 Å². The van der Waals surface area contributed by atoms with Crippen LogP contribution in [0, 0.1) is 0 Å². The van der Waals surface area contributed by atoms with Crippen LogP contribution in [0.25, 0.3) is 10.9 Å². The Morgan fingerprint density at radius 3 is 2.85 bits per heavy atom. The molecule has 0 aliphatic carbocycles. The molecule has 1 aromatic carbocycles. The van der Waals surface area contributed by atoms with E-state index in [4.69, 9.17) is 16.3 Å². The Morgan fingerprint density at radius 1 is 1.15 bits per heavy atom. The van der Waals surface area contributed by atoms with Gasteiger partial charge in [-0.1, -0.05) is 29.8 Å². The first-order valence-electron chi connectivity index (χ1n) is 6.05. The molecular weight excluding hydrogens is 276 g/mol. The van der Waals surface area contributed by atoms with Gasteiger partial charge in [-0.3, -0.25) is 4.98 Å². The standard InChI is InChI=1S/C15H11ClN2O2/c16-12-8-18-14(7-11(12)9-19)20-13-5-1-3-10-4-2-6-17-15(10)13/h1-8,19H,9H2. The lowest BCUT2D eigenvalue weighted by molar-refractivity contribution is 0.281. The zero-order valence-electron chi connectivity index (χ0n) is 10.5. The van der Waals surface area contributed by atoms with E-state index in [2.05, 4.69) is 9.97 Å². The van der Waals surface area contributed by atoms with E-state index in [-0.39, 0.29) is 6.61 Å². The fourth-order valence-corrected chi connectivity index (χ4v) is 2.07. The maximum Gasteiger partial charge on any atom is 0.219 e. The predicted octanol–water partition coefficient (Wildman–Crippen LogP) is 3.57. The van der Waals surface area contributed by atoms with Crippen LogP contribution in [0.5, 0.6) is 11.6 Å². The highest BCUT2D eigenvalue weighted by Gasteiger charge is 2.07. The average molecular weight is 287 g/mol. The first-order chi connectivity index (χ1) is 9.78. The van der Waals surface area contributed by atoms with Gasteiger partial charge in [0, 0.05) is 29.4 Å². The number of halogens is 1. The van der Waals surface area contributed by atoms with Gasteiger partial charge in [-0.05, 0) is 12.1 Å². The van der Waals surface area contributed by atoms with Crippen LogP contribution in [-0.2, 0) is 6.61 Å². The zero-order chi connectivity index (χ0) is 13.9. The number of para-hydroxylation sites is 1. The van der Waals surface area contributed by atoms with Crippen molar-refractivity contribution in [1.29, 1.82) is 0 Å². The summed E-state index contributed by atoms with van der Waals surface area (Å²) in [5, 5.41) is 10.6. The molecule has 0 radical (unpaired) electrons. The molecule has 0 unspecified atom stereocenters. The van der Waals surface area contributed by atoms with Crippen molar-refractivity contribution in [3.05, 3.63) is 59.4 Å². The molecule has 5 heteroatoms. The van der Waals surface area contributed by atoms with Crippen LogP contribution in [0.3, 0.4) is 0 Å². The van der Waals surface area contributed by atoms with E-state index in [1.165, 1.54) is 6.20 Å². The maximum absolute atomic E-state index is 9.20. The summed E-state index contributed by atoms with van der Waals surface area (Å²) in [5.41, 5.74) is 1.34. The molecule has 4 nitrogen and oxygen atoms in total. The minimum Gasteiger partial charge on any atom is -0.437 e. The summed E-state index contributed by atoms with van der Waals surface area (Å²) in [6, 6.07) is 11.1. The number of hydrogen-bond acceptors (Lipinski definition) is 4. The van der Waals surface area contributed by atoms with Crippen molar-refractivity contribution in [3.8, 4) is 11.6 Å². The highest BCUT2D eigenvalue weighted by Crippen LogP contribution is 2.28. The third-order valence-electron chi connectivity index (χ3n) is 2.89. The van der Waals surface area contributed by atoms with Crippen LogP contribution < -0.4 is 4.74 Å². The summed E-state index contributed by atoms with van der Waals surface area (Å²) < 4.78 is 5.75. The first kappa shape index (κ1) is 12.8. The number of fused-ring (bicyclic) bond motifs is 1. The summed E-state index contributed by atoms with van der Waals surface area (Å²) in [6.07, 6.45) is 3.17.